The Morgan fingerprint density at radius 1 is 0.955 bits per heavy atom. The zero-order valence-corrected chi connectivity index (χ0v) is 14.3. The average Bonchev–Trinajstić information content (AvgIpc) is 2.94. The molecule has 0 radical (unpaired) electrons. The second-order valence-electron chi connectivity index (χ2n) is 4.44. The van der Waals surface area contributed by atoms with Crippen molar-refractivity contribution in [3.05, 3.63) is 53.0 Å². The summed E-state index contributed by atoms with van der Waals surface area (Å²) in [6.07, 6.45) is 0. The largest absolute Gasteiger partial charge is 0.374 e. The number of benzene rings is 2. The lowest BCUT2D eigenvalue weighted by molar-refractivity contribution is 0.596. The smallest absolute Gasteiger partial charge is 0.206 e. The van der Waals surface area contributed by atoms with E-state index in [0.717, 1.165) is 21.6 Å². The van der Waals surface area contributed by atoms with Crippen LogP contribution in [0.25, 0.3) is 11.4 Å². The lowest BCUT2D eigenvalue weighted by Gasteiger charge is -2.05. The molecule has 2 aromatic carbocycles. The van der Waals surface area contributed by atoms with Crippen LogP contribution in [-0.4, -0.2) is 17.8 Å². The SMILES string of the molecule is Nc1nc(-c2ccc(S(=O)(=O)c3ccc(Br)cc3)cc2)ns1. The number of hydrogen-bond donors (Lipinski definition) is 1. The fraction of sp³-hybridized carbons (Fsp3) is 0. The van der Waals surface area contributed by atoms with Crippen LogP contribution in [0.4, 0.5) is 5.13 Å². The third-order valence-corrected chi connectivity index (χ3v) is 5.85. The number of aromatic nitrogens is 2. The lowest BCUT2D eigenvalue weighted by atomic mass is 10.2. The van der Waals surface area contributed by atoms with Crippen LogP contribution in [0.15, 0.2) is 62.8 Å². The Morgan fingerprint density at radius 2 is 1.50 bits per heavy atom. The minimum atomic E-state index is -3.53. The molecule has 0 spiro atoms. The van der Waals surface area contributed by atoms with E-state index in [1.807, 2.05) is 0 Å². The van der Waals surface area contributed by atoms with Crippen LogP contribution in [-0.2, 0) is 9.84 Å². The van der Waals surface area contributed by atoms with Gasteiger partial charge >= 0.3 is 0 Å². The fourth-order valence-electron chi connectivity index (χ4n) is 1.89. The first-order chi connectivity index (χ1) is 10.5. The molecule has 0 amide bonds. The van der Waals surface area contributed by atoms with Gasteiger partial charge in [-0.2, -0.15) is 9.36 Å². The molecule has 0 bridgehead atoms. The molecule has 8 heteroatoms. The first-order valence-electron chi connectivity index (χ1n) is 6.17. The Labute approximate surface area is 140 Å². The maximum absolute atomic E-state index is 12.5. The molecule has 0 aliphatic heterocycles. The van der Waals surface area contributed by atoms with Crippen molar-refractivity contribution in [3.8, 4) is 11.4 Å². The monoisotopic (exact) mass is 395 g/mol. The van der Waals surface area contributed by atoms with Crippen molar-refractivity contribution < 1.29 is 8.42 Å². The Bertz CT molecular complexity index is 904. The van der Waals surface area contributed by atoms with E-state index >= 15 is 0 Å². The van der Waals surface area contributed by atoms with Gasteiger partial charge in [-0.05, 0) is 48.5 Å². The van der Waals surface area contributed by atoms with Gasteiger partial charge in [0.05, 0.1) is 9.79 Å². The van der Waals surface area contributed by atoms with E-state index in [1.54, 1.807) is 48.5 Å². The number of nitrogens with zero attached hydrogens (tertiary/aromatic N) is 2. The fourth-order valence-corrected chi connectivity index (χ4v) is 3.86. The number of hydrogen-bond acceptors (Lipinski definition) is 6. The van der Waals surface area contributed by atoms with E-state index in [4.69, 9.17) is 5.73 Å². The molecule has 3 aromatic rings. The second kappa shape index (κ2) is 5.79. The van der Waals surface area contributed by atoms with Crippen LogP contribution >= 0.6 is 27.5 Å². The molecule has 0 unspecified atom stereocenters. The number of nitrogen functional groups attached to an aromatic ring is 1. The molecule has 1 heterocycles. The van der Waals surface area contributed by atoms with Crippen LogP contribution in [0.3, 0.4) is 0 Å². The highest BCUT2D eigenvalue weighted by molar-refractivity contribution is 9.10. The summed E-state index contributed by atoms with van der Waals surface area (Å²) >= 11 is 4.39. The summed E-state index contributed by atoms with van der Waals surface area (Å²) in [7, 11) is -3.53. The Balaban J connectivity index is 1.96. The molecule has 5 nitrogen and oxygen atoms in total. The molecule has 0 atom stereocenters. The third kappa shape index (κ3) is 2.90. The molecule has 0 fully saturated rings. The molecule has 0 saturated heterocycles. The van der Waals surface area contributed by atoms with Crippen molar-refractivity contribution in [1.29, 1.82) is 0 Å². The predicted molar refractivity (Wildman–Crippen MR) is 89.4 cm³/mol. The summed E-state index contributed by atoms with van der Waals surface area (Å²) in [5, 5.41) is 0.376. The van der Waals surface area contributed by atoms with E-state index in [-0.39, 0.29) is 9.79 Å². The average molecular weight is 396 g/mol. The maximum atomic E-state index is 12.5. The molecule has 3 rings (SSSR count). The molecule has 112 valence electrons. The van der Waals surface area contributed by atoms with Crippen molar-refractivity contribution in [2.24, 2.45) is 0 Å². The van der Waals surface area contributed by atoms with Crippen molar-refractivity contribution in [3.63, 3.8) is 0 Å². The summed E-state index contributed by atoms with van der Waals surface area (Å²) in [4.78, 5) is 4.54. The van der Waals surface area contributed by atoms with Gasteiger partial charge in [-0.3, -0.25) is 0 Å². The van der Waals surface area contributed by atoms with E-state index in [1.165, 1.54) is 0 Å². The van der Waals surface area contributed by atoms with E-state index < -0.39 is 9.84 Å². The van der Waals surface area contributed by atoms with Gasteiger partial charge < -0.3 is 5.73 Å². The first-order valence-corrected chi connectivity index (χ1v) is 9.22. The quantitative estimate of drug-likeness (QED) is 0.734. The van der Waals surface area contributed by atoms with Gasteiger partial charge in [-0.15, -0.1) is 0 Å². The van der Waals surface area contributed by atoms with Gasteiger partial charge in [0.2, 0.25) is 9.84 Å². The number of nitrogens with two attached hydrogens (primary N) is 1. The van der Waals surface area contributed by atoms with Crippen LogP contribution in [0, 0.1) is 0 Å². The third-order valence-electron chi connectivity index (χ3n) is 2.99. The van der Waals surface area contributed by atoms with E-state index in [0.29, 0.717) is 11.0 Å². The van der Waals surface area contributed by atoms with Crippen molar-refractivity contribution in [2.75, 3.05) is 5.73 Å². The van der Waals surface area contributed by atoms with Gasteiger partial charge in [0.15, 0.2) is 11.0 Å². The van der Waals surface area contributed by atoms with Crippen molar-refractivity contribution in [1.82, 2.24) is 9.36 Å². The standard InChI is InChI=1S/C14H10BrN3O2S2/c15-10-3-7-12(8-4-10)22(19,20)11-5-1-9(2-6-11)13-17-14(16)21-18-13/h1-8H,(H2,16,17,18). The van der Waals surface area contributed by atoms with Crippen LogP contribution in [0.1, 0.15) is 0 Å². The summed E-state index contributed by atoms with van der Waals surface area (Å²) in [6.45, 7) is 0. The first kappa shape index (κ1) is 15.1. The Hall–Kier alpha value is -1.77. The number of anilines is 1. The number of sulfone groups is 1. The second-order valence-corrected chi connectivity index (χ2v) is 8.09. The van der Waals surface area contributed by atoms with E-state index in [9.17, 15) is 8.42 Å². The Morgan fingerprint density at radius 3 is 2.00 bits per heavy atom. The van der Waals surface area contributed by atoms with Gasteiger partial charge in [-0.25, -0.2) is 8.42 Å². The highest BCUT2D eigenvalue weighted by atomic mass is 79.9. The number of halogens is 1. The lowest BCUT2D eigenvalue weighted by Crippen LogP contribution is -2.01. The van der Waals surface area contributed by atoms with Gasteiger partial charge in [-0.1, -0.05) is 15.9 Å². The molecular weight excluding hydrogens is 386 g/mol. The van der Waals surface area contributed by atoms with Crippen LogP contribution < -0.4 is 5.73 Å². The van der Waals surface area contributed by atoms with Crippen LogP contribution in [0.2, 0.25) is 0 Å². The number of rotatable bonds is 3. The minimum absolute atomic E-state index is 0.224. The van der Waals surface area contributed by atoms with Crippen LogP contribution in [0.5, 0.6) is 0 Å². The molecule has 0 saturated carbocycles. The normalized spacial score (nSPS) is 11.5. The molecule has 1 aromatic heterocycles. The highest BCUT2D eigenvalue weighted by Gasteiger charge is 2.17. The highest BCUT2D eigenvalue weighted by Crippen LogP contribution is 2.25. The minimum Gasteiger partial charge on any atom is -0.374 e. The Kier molecular flexibility index (Phi) is 3.98. The summed E-state index contributed by atoms with van der Waals surface area (Å²) in [5.41, 5.74) is 6.27. The summed E-state index contributed by atoms with van der Waals surface area (Å²) < 4.78 is 30.0. The molecular formula is C14H10BrN3O2S2. The van der Waals surface area contributed by atoms with Crippen molar-refractivity contribution in [2.45, 2.75) is 9.79 Å². The zero-order valence-electron chi connectivity index (χ0n) is 11.1. The topological polar surface area (TPSA) is 85.9 Å². The predicted octanol–water partition coefficient (Wildman–Crippen LogP) is 3.38. The molecule has 0 aliphatic carbocycles. The summed E-state index contributed by atoms with van der Waals surface area (Å²) in [6, 6.07) is 13.0. The van der Waals surface area contributed by atoms with Gasteiger partial charge in [0, 0.05) is 21.6 Å². The zero-order chi connectivity index (χ0) is 15.7. The van der Waals surface area contributed by atoms with Gasteiger partial charge in [0.1, 0.15) is 0 Å². The van der Waals surface area contributed by atoms with Crippen molar-refractivity contribution >= 4 is 42.4 Å². The molecule has 0 aliphatic rings. The summed E-state index contributed by atoms with van der Waals surface area (Å²) in [5.74, 6) is 0.495. The maximum Gasteiger partial charge on any atom is 0.206 e. The molecule has 22 heavy (non-hydrogen) atoms. The van der Waals surface area contributed by atoms with E-state index in [2.05, 4.69) is 25.3 Å². The molecule has 2 N–H and O–H groups in total. The van der Waals surface area contributed by atoms with Gasteiger partial charge in [0.25, 0.3) is 0 Å².